The quantitative estimate of drug-likeness (QED) is 0.910. The number of nitrogens with one attached hydrogen (secondary N) is 1. The topological polar surface area (TPSA) is 49.4 Å². The van der Waals surface area contributed by atoms with Crippen LogP contribution in [0.3, 0.4) is 0 Å². The second-order valence-electron chi connectivity index (χ2n) is 4.61. The zero-order chi connectivity index (χ0) is 14.2. The number of carbonyl (C=O) groups is 2. The lowest BCUT2D eigenvalue weighted by molar-refractivity contribution is -0.148. The monoisotopic (exact) mass is 300 g/mol. The molecule has 0 bridgehead atoms. The average Bonchev–Trinajstić information content (AvgIpc) is 2.34. The number of nitrogens with zero attached hydrogens (tertiary/aromatic N) is 1. The molecule has 6 heteroatoms. The molecule has 2 rings (SSSR count). The minimum Gasteiger partial charge on any atom is -0.343 e. The van der Waals surface area contributed by atoms with Crippen molar-refractivity contribution in [3.63, 3.8) is 0 Å². The van der Waals surface area contributed by atoms with E-state index in [1.807, 2.05) is 0 Å². The van der Waals surface area contributed by atoms with Crippen molar-refractivity contribution in [1.29, 1.82) is 0 Å². The fraction of sp³-hybridized carbons (Fsp3) is 0.385. The maximum absolute atomic E-state index is 12.1. The third kappa shape index (κ3) is 2.85. The molecule has 19 heavy (non-hydrogen) atoms. The van der Waals surface area contributed by atoms with Gasteiger partial charge in [0.25, 0.3) is 0 Å². The Labute approximate surface area is 121 Å². The molecular weight excluding hydrogens is 287 g/mol. The van der Waals surface area contributed by atoms with Crippen molar-refractivity contribution >= 4 is 35.0 Å². The van der Waals surface area contributed by atoms with Crippen molar-refractivity contribution in [1.82, 2.24) is 10.2 Å². The van der Waals surface area contributed by atoms with Gasteiger partial charge in [0, 0.05) is 16.6 Å². The van der Waals surface area contributed by atoms with Crippen molar-refractivity contribution in [3.8, 4) is 0 Å². The summed E-state index contributed by atoms with van der Waals surface area (Å²) in [6.07, 6.45) is 0. The van der Waals surface area contributed by atoms with Crippen LogP contribution in [-0.4, -0.2) is 28.8 Å². The number of amides is 2. The molecule has 102 valence electrons. The van der Waals surface area contributed by atoms with Crippen LogP contribution in [0.2, 0.25) is 10.0 Å². The molecule has 1 heterocycles. The number of hydrogen-bond acceptors (Lipinski definition) is 2. The number of halogens is 2. The van der Waals surface area contributed by atoms with Crippen LogP contribution in [0.1, 0.15) is 19.4 Å². The number of hydrogen-bond donors (Lipinski definition) is 1. The van der Waals surface area contributed by atoms with E-state index in [-0.39, 0.29) is 11.8 Å². The van der Waals surface area contributed by atoms with E-state index in [9.17, 15) is 9.59 Å². The highest BCUT2D eigenvalue weighted by atomic mass is 35.5. The molecule has 1 saturated heterocycles. The zero-order valence-corrected chi connectivity index (χ0v) is 12.1. The van der Waals surface area contributed by atoms with Crippen LogP contribution in [0.15, 0.2) is 18.2 Å². The van der Waals surface area contributed by atoms with Gasteiger partial charge in [-0.2, -0.15) is 0 Å². The molecule has 2 amide bonds. The van der Waals surface area contributed by atoms with Crippen LogP contribution < -0.4 is 5.32 Å². The van der Waals surface area contributed by atoms with E-state index < -0.39 is 12.1 Å². The summed E-state index contributed by atoms with van der Waals surface area (Å²) in [6.45, 7) is 3.67. The Balaban J connectivity index is 2.25. The van der Waals surface area contributed by atoms with Crippen LogP contribution in [0.4, 0.5) is 0 Å². The Morgan fingerprint density at radius 3 is 2.58 bits per heavy atom. The van der Waals surface area contributed by atoms with Crippen molar-refractivity contribution in [3.05, 3.63) is 33.8 Å². The SMILES string of the molecule is CC1NC(=O)C(C)N(Cc2ccc(Cl)cc2Cl)C1=O. The Morgan fingerprint density at radius 2 is 1.95 bits per heavy atom. The van der Waals surface area contributed by atoms with Gasteiger partial charge < -0.3 is 10.2 Å². The van der Waals surface area contributed by atoms with E-state index in [1.54, 1.807) is 32.0 Å². The molecule has 1 N–H and O–H groups in total. The largest absolute Gasteiger partial charge is 0.343 e. The van der Waals surface area contributed by atoms with Gasteiger partial charge in [-0.25, -0.2) is 0 Å². The molecule has 4 nitrogen and oxygen atoms in total. The summed E-state index contributed by atoms with van der Waals surface area (Å²) in [5.41, 5.74) is 0.771. The van der Waals surface area contributed by atoms with Crippen molar-refractivity contribution in [2.24, 2.45) is 0 Å². The Kier molecular flexibility index (Phi) is 4.02. The smallest absolute Gasteiger partial charge is 0.245 e. The Morgan fingerprint density at radius 1 is 1.26 bits per heavy atom. The summed E-state index contributed by atoms with van der Waals surface area (Å²) in [6, 6.07) is 4.10. The maximum Gasteiger partial charge on any atom is 0.245 e. The van der Waals surface area contributed by atoms with Crippen LogP contribution in [0, 0.1) is 0 Å². The van der Waals surface area contributed by atoms with Crippen LogP contribution in [-0.2, 0) is 16.1 Å². The van der Waals surface area contributed by atoms with Gasteiger partial charge in [-0.15, -0.1) is 0 Å². The number of carbonyl (C=O) groups excluding carboxylic acids is 2. The van der Waals surface area contributed by atoms with E-state index in [2.05, 4.69) is 5.32 Å². The third-order valence-corrected chi connectivity index (χ3v) is 3.80. The van der Waals surface area contributed by atoms with Gasteiger partial charge in [-0.3, -0.25) is 9.59 Å². The molecule has 0 aliphatic carbocycles. The van der Waals surface area contributed by atoms with E-state index in [0.717, 1.165) is 5.56 Å². The van der Waals surface area contributed by atoms with Gasteiger partial charge in [0.15, 0.2) is 0 Å². The average molecular weight is 301 g/mol. The predicted octanol–water partition coefficient (Wildman–Crippen LogP) is 2.23. The van der Waals surface area contributed by atoms with Gasteiger partial charge in [-0.1, -0.05) is 29.3 Å². The minimum absolute atomic E-state index is 0.113. The molecule has 0 radical (unpaired) electrons. The van der Waals surface area contributed by atoms with Crippen LogP contribution in [0.25, 0.3) is 0 Å². The summed E-state index contributed by atoms with van der Waals surface area (Å²) in [5.74, 6) is -0.268. The Hall–Kier alpha value is -1.26. The first-order valence-corrected chi connectivity index (χ1v) is 6.70. The molecule has 1 fully saturated rings. The lowest BCUT2D eigenvalue weighted by Crippen LogP contribution is -2.60. The van der Waals surface area contributed by atoms with Gasteiger partial charge in [0.1, 0.15) is 12.1 Å². The molecule has 2 unspecified atom stereocenters. The maximum atomic E-state index is 12.1. The lowest BCUT2D eigenvalue weighted by atomic mass is 10.1. The third-order valence-electron chi connectivity index (χ3n) is 3.22. The summed E-state index contributed by atoms with van der Waals surface area (Å²) < 4.78 is 0. The highest BCUT2D eigenvalue weighted by molar-refractivity contribution is 6.35. The summed E-state index contributed by atoms with van der Waals surface area (Å²) in [5, 5.41) is 3.67. The number of benzene rings is 1. The second kappa shape index (κ2) is 5.39. The first-order valence-electron chi connectivity index (χ1n) is 5.95. The van der Waals surface area contributed by atoms with E-state index in [1.165, 1.54) is 4.90 Å². The Bertz CT molecular complexity index is 533. The fourth-order valence-electron chi connectivity index (χ4n) is 2.03. The number of piperazine rings is 1. The molecule has 2 atom stereocenters. The standard InChI is InChI=1S/C13H14Cl2N2O2/c1-7-13(19)17(8(2)12(18)16-7)6-9-3-4-10(14)5-11(9)15/h3-5,7-8H,6H2,1-2H3,(H,16,18). The van der Waals surface area contributed by atoms with Crippen LogP contribution in [0.5, 0.6) is 0 Å². The summed E-state index contributed by atoms with van der Waals surface area (Å²) in [4.78, 5) is 25.4. The lowest BCUT2D eigenvalue weighted by Gasteiger charge is -2.36. The van der Waals surface area contributed by atoms with Crippen molar-refractivity contribution < 1.29 is 9.59 Å². The molecule has 0 saturated carbocycles. The normalized spacial score (nSPS) is 23.5. The van der Waals surface area contributed by atoms with E-state index in [4.69, 9.17) is 23.2 Å². The second-order valence-corrected chi connectivity index (χ2v) is 5.45. The van der Waals surface area contributed by atoms with Crippen molar-refractivity contribution in [2.45, 2.75) is 32.5 Å². The molecular formula is C13H14Cl2N2O2. The highest BCUT2D eigenvalue weighted by Gasteiger charge is 2.35. The molecule has 1 aliphatic rings. The number of rotatable bonds is 2. The van der Waals surface area contributed by atoms with Gasteiger partial charge in [0.05, 0.1) is 0 Å². The van der Waals surface area contributed by atoms with E-state index >= 15 is 0 Å². The molecule has 0 aromatic heterocycles. The summed E-state index contributed by atoms with van der Waals surface area (Å²) in [7, 11) is 0. The fourth-order valence-corrected chi connectivity index (χ4v) is 2.49. The minimum atomic E-state index is -0.505. The molecule has 1 aliphatic heterocycles. The first-order chi connectivity index (χ1) is 8.90. The highest BCUT2D eigenvalue weighted by Crippen LogP contribution is 2.24. The van der Waals surface area contributed by atoms with Crippen LogP contribution >= 0.6 is 23.2 Å². The van der Waals surface area contributed by atoms with Gasteiger partial charge >= 0.3 is 0 Å². The van der Waals surface area contributed by atoms with Gasteiger partial charge in [-0.05, 0) is 31.5 Å². The predicted molar refractivity (Wildman–Crippen MR) is 74.1 cm³/mol. The molecule has 1 aromatic carbocycles. The zero-order valence-electron chi connectivity index (χ0n) is 10.6. The molecule has 0 spiro atoms. The first kappa shape index (κ1) is 14.2. The molecule has 1 aromatic rings. The van der Waals surface area contributed by atoms with Gasteiger partial charge in [0.2, 0.25) is 11.8 Å². The van der Waals surface area contributed by atoms with Crippen molar-refractivity contribution in [2.75, 3.05) is 0 Å². The summed E-state index contributed by atoms with van der Waals surface area (Å²) >= 11 is 11.9. The van der Waals surface area contributed by atoms with E-state index in [0.29, 0.717) is 16.6 Å².